The van der Waals surface area contributed by atoms with Crippen LogP contribution in [0.2, 0.25) is 0 Å². The number of aromatic nitrogens is 1. The van der Waals surface area contributed by atoms with E-state index in [2.05, 4.69) is 46.8 Å². The van der Waals surface area contributed by atoms with Crippen LogP contribution >= 0.6 is 11.3 Å². The number of nitrogens with zero attached hydrogens (tertiary/aromatic N) is 2. The first kappa shape index (κ1) is 32.3. The molecule has 0 spiro atoms. The van der Waals surface area contributed by atoms with Gasteiger partial charge in [0.2, 0.25) is 17.7 Å². The van der Waals surface area contributed by atoms with E-state index >= 15 is 0 Å². The molecule has 2 fully saturated rings. The first-order valence-corrected chi connectivity index (χ1v) is 16.6. The maximum atomic E-state index is 13.8. The van der Waals surface area contributed by atoms with Gasteiger partial charge < -0.3 is 20.9 Å². The van der Waals surface area contributed by atoms with Gasteiger partial charge in [0.05, 0.1) is 15.2 Å². The minimum atomic E-state index is -0.746. The molecule has 1 aromatic heterocycles. The number of fused-ring (bicyclic) bond motifs is 1. The topological polar surface area (TPSA) is 103 Å². The van der Waals surface area contributed by atoms with Crippen LogP contribution in [0.4, 0.5) is 4.39 Å². The van der Waals surface area contributed by atoms with Crippen molar-refractivity contribution >= 4 is 39.3 Å². The highest BCUT2D eigenvalue weighted by Crippen LogP contribution is 2.28. The quantitative estimate of drug-likeness (QED) is 0.308. The van der Waals surface area contributed by atoms with Crippen molar-refractivity contribution in [1.29, 1.82) is 0 Å². The van der Waals surface area contributed by atoms with Crippen LogP contribution in [-0.4, -0.2) is 72.5 Å². The molecule has 2 aromatic rings. The predicted molar refractivity (Wildman–Crippen MR) is 166 cm³/mol. The molecular formula is C32H48FN5O3S. The number of thiazole rings is 1. The first-order valence-electron chi connectivity index (χ1n) is 15.8. The Hall–Kier alpha value is -2.59. The van der Waals surface area contributed by atoms with Crippen molar-refractivity contribution in [2.24, 2.45) is 11.8 Å². The minimum absolute atomic E-state index is 0.0102. The second-order valence-electron chi connectivity index (χ2n) is 12.2. The number of carbonyl (C=O) groups excluding carboxylic acids is 3. The number of rotatable bonds is 13. The normalized spacial score (nSPS) is 18.6. The monoisotopic (exact) mass is 601 g/mol. The van der Waals surface area contributed by atoms with Crippen molar-refractivity contribution < 1.29 is 18.8 Å². The van der Waals surface area contributed by atoms with Crippen molar-refractivity contribution in [3.05, 3.63) is 28.8 Å². The Balaban J connectivity index is 1.43. The zero-order valence-corrected chi connectivity index (χ0v) is 26.2. The Kier molecular flexibility index (Phi) is 12.1. The third kappa shape index (κ3) is 8.96. The van der Waals surface area contributed by atoms with Gasteiger partial charge in [-0.2, -0.15) is 0 Å². The van der Waals surface area contributed by atoms with E-state index in [0.29, 0.717) is 25.4 Å². The van der Waals surface area contributed by atoms with Crippen LogP contribution in [0, 0.1) is 11.8 Å². The molecule has 1 saturated heterocycles. The summed E-state index contributed by atoms with van der Waals surface area (Å²) in [7, 11) is 0. The Labute approximate surface area is 253 Å². The van der Waals surface area contributed by atoms with Gasteiger partial charge in [0.25, 0.3) is 0 Å². The Bertz CT molecular complexity index is 1190. The number of piperidine rings is 1. The Morgan fingerprint density at radius 2 is 1.81 bits per heavy atom. The standard InChI is InChI=1S/C32H48FN5O3S/c1-4-29(39)35-26(19-30-36-25-11-10-24(21(2)3)18-28(25)42-30)32(41)37-27(22-8-6-5-7-9-22)20-34-31(40)23-12-15-38(16-13-23)17-14-33/h10-11,18,21-23,26-27H,4-9,12-17,19-20H2,1-3H3,(H,34,40)(H,35,39)(H,37,41)/t26-,27+/m0/s1. The summed E-state index contributed by atoms with van der Waals surface area (Å²) in [5.74, 6) is 0.192. The van der Waals surface area contributed by atoms with Gasteiger partial charge in [-0.3, -0.25) is 14.4 Å². The van der Waals surface area contributed by atoms with E-state index < -0.39 is 6.04 Å². The maximum absolute atomic E-state index is 13.8. The molecule has 4 rings (SSSR count). The average molecular weight is 602 g/mol. The smallest absolute Gasteiger partial charge is 0.243 e. The number of benzene rings is 1. The molecule has 2 atom stereocenters. The van der Waals surface area contributed by atoms with Crippen LogP contribution in [0.15, 0.2) is 18.2 Å². The molecule has 8 nitrogen and oxygen atoms in total. The number of hydrogen-bond donors (Lipinski definition) is 3. The summed E-state index contributed by atoms with van der Waals surface area (Å²) < 4.78 is 13.8. The van der Waals surface area contributed by atoms with Crippen LogP contribution in [0.3, 0.4) is 0 Å². The van der Waals surface area contributed by atoms with Gasteiger partial charge >= 0.3 is 0 Å². The van der Waals surface area contributed by atoms with Crippen LogP contribution in [0.25, 0.3) is 10.2 Å². The average Bonchev–Trinajstić information content (AvgIpc) is 3.41. The fourth-order valence-corrected chi connectivity index (χ4v) is 7.23. The summed E-state index contributed by atoms with van der Waals surface area (Å²) in [6, 6.07) is 5.32. The minimum Gasteiger partial charge on any atom is -0.354 e. The summed E-state index contributed by atoms with van der Waals surface area (Å²) in [4.78, 5) is 46.1. The number of alkyl halides is 1. The fraction of sp³-hybridized carbons (Fsp3) is 0.688. The van der Waals surface area contributed by atoms with Gasteiger partial charge in [0.15, 0.2) is 0 Å². The summed E-state index contributed by atoms with van der Waals surface area (Å²) in [5.41, 5.74) is 2.15. The predicted octanol–water partition coefficient (Wildman–Crippen LogP) is 4.72. The molecule has 0 radical (unpaired) electrons. The highest BCUT2D eigenvalue weighted by molar-refractivity contribution is 7.18. The number of carbonyl (C=O) groups is 3. The summed E-state index contributed by atoms with van der Waals surface area (Å²) in [5, 5.41) is 10.1. The van der Waals surface area contributed by atoms with E-state index in [4.69, 9.17) is 4.98 Å². The summed E-state index contributed by atoms with van der Waals surface area (Å²) in [6.45, 7) is 7.99. The zero-order chi connectivity index (χ0) is 30.1. The number of halogens is 1. The van der Waals surface area contributed by atoms with Crippen molar-refractivity contribution in [1.82, 2.24) is 25.8 Å². The summed E-state index contributed by atoms with van der Waals surface area (Å²) >= 11 is 1.57. The summed E-state index contributed by atoms with van der Waals surface area (Å²) in [6.07, 6.45) is 7.46. The fourth-order valence-electron chi connectivity index (χ4n) is 6.16. The van der Waals surface area contributed by atoms with Crippen molar-refractivity contribution in [3.63, 3.8) is 0 Å². The van der Waals surface area contributed by atoms with Gasteiger partial charge in [-0.25, -0.2) is 9.37 Å². The second-order valence-corrected chi connectivity index (χ2v) is 13.3. The number of hydrogen-bond acceptors (Lipinski definition) is 6. The molecular weight excluding hydrogens is 553 g/mol. The molecule has 2 heterocycles. The lowest BCUT2D eigenvalue weighted by molar-refractivity contribution is -0.130. The molecule has 0 bridgehead atoms. The van der Waals surface area contributed by atoms with Gasteiger partial charge in [-0.1, -0.05) is 46.1 Å². The molecule has 1 aromatic carbocycles. The molecule has 10 heteroatoms. The second kappa shape index (κ2) is 15.8. The first-order chi connectivity index (χ1) is 20.3. The number of likely N-dealkylation sites (tertiary alicyclic amines) is 1. The van der Waals surface area contributed by atoms with Gasteiger partial charge in [0.1, 0.15) is 12.7 Å². The molecule has 3 amide bonds. The van der Waals surface area contributed by atoms with Gasteiger partial charge in [0, 0.05) is 37.9 Å². The van der Waals surface area contributed by atoms with Gasteiger partial charge in [-0.15, -0.1) is 11.3 Å². The van der Waals surface area contributed by atoms with E-state index in [1.165, 1.54) is 12.0 Å². The molecule has 42 heavy (non-hydrogen) atoms. The molecule has 232 valence electrons. The van der Waals surface area contributed by atoms with E-state index in [1.54, 1.807) is 18.3 Å². The lowest BCUT2D eigenvalue weighted by Crippen LogP contribution is -2.55. The third-order valence-electron chi connectivity index (χ3n) is 8.88. The van der Waals surface area contributed by atoms with E-state index in [-0.39, 0.29) is 48.7 Å². The Morgan fingerprint density at radius 1 is 1.07 bits per heavy atom. The highest BCUT2D eigenvalue weighted by atomic mass is 32.1. The largest absolute Gasteiger partial charge is 0.354 e. The molecule has 1 aliphatic heterocycles. The molecule has 1 aliphatic carbocycles. The number of nitrogens with one attached hydrogen (secondary N) is 3. The molecule has 3 N–H and O–H groups in total. The van der Waals surface area contributed by atoms with Crippen LogP contribution in [-0.2, 0) is 20.8 Å². The lowest BCUT2D eigenvalue weighted by atomic mass is 9.83. The van der Waals surface area contributed by atoms with Crippen molar-refractivity contribution in [3.8, 4) is 0 Å². The molecule has 2 aliphatic rings. The van der Waals surface area contributed by atoms with E-state index in [9.17, 15) is 18.8 Å². The van der Waals surface area contributed by atoms with Crippen molar-refractivity contribution in [2.45, 2.75) is 96.6 Å². The number of amides is 3. The molecule has 1 saturated carbocycles. The van der Waals surface area contributed by atoms with E-state index in [0.717, 1.165) is 66.8 Å². The maximum Gasteiger partial charge on any atom is 0.243 e. The van der Waals surface area contributed by atoms with Crippen LogP contribution in [0.1, 0.15) is 88.6 Å². The highest BCUT2D eigenvalue weighted by Gasteiger charge is 2.31. The molecule has 0 unspecified atom stereocenters. The zero-order valence-electron chi connectivity index (χ0n) is 25.4. The van der Waals surface area contributed by atoms with Crippen LogP contribution < -0.4 is 16.0 Å². The van der Waals surface area contributed by atoms with Crippen LogP contribution in [0.5, 0.6) is 0 Å². The Morgan fingerprint density at radius 3 is 2.48 bits per heavy atom. The lowest BCUT2D eigenvalue weighted by Gasteiger charge is -2.34. The van der Waals surface area contributed by atoms with Crippen molar-refractivity contribution in [2.75, 3.05) is 32.9 Å². The van der Waals surface area contributed by atoms with Gasteiger partial charge in [-0.05, 0) is 68.3 Å². The van der Waals surface area contributed by atoms with E-state index in [1.807, 2.05) is 6.07 Å². The SMILES string of the molecule is CCC(=O)N[C@@H](Cc1nc2ccc(C(C)C)cc2s1)C(=O)N[C@H](CNC(=O)C1CCN(CCF)CC1)C1CCCCC1. The third-order valence-corrected chi connectivity index (χ3v) is 9.92.